The number of fused-ring (bicyclic) bond motifs is 13. The van der Waals surface area contributed by atoms with Gasteiger partial charge in [-0.05, 0) is 159 Å². The number of rotatable bonds is 8. The molecule has 0 saturated carbocycles. The second kappa shape index (κ2) is 15.5. The molecule has 7 aromatic carbocycles. The van der Waals surface area contributed by atoms with E-state index in [0.29, 0.717) is 11.7 Å². The van der Waals surface area contributed by atoms with Gasteiger partial charge in [0.15, 0.2) is 0 Å². The van der Waals surface area contributed by atoms with E-state index in [0.717, 1.165) is 95.7 Å². The maximum absolute atomic E-state index is 9.60. The van der Waals surface area contributed by atoms with Crippen LogP contribution in [0.3, 0.4) is 0 Å². The number of aryl methyl sites for hydroxylation is 2. The molecule has 4 heterocycles. The van der Waals surface area contributed by atoms with Gasteiger partial charge >= 0.3 is 0 Å². The van der Waals surface area contributed by atoms with E-state index in [1.165, 1.54) is 49.4 Å². The molecule has 0 fully saturated rings. The molecule has 0 atom stereocenters. The molecule has 0 spiro atoms. The summed E-state index contributed by atoms with van der Waals surface area (Å²) in [4.78, 5) is 0. The average Bonchev–Trinajstić information content (AvgIpc) is 4.06. The van der Waals surface area contributed by atoms with Crippen molar-refractivity contribution in [2.75, 3.05) is 0 Å². The van der Waals surface area contributed by atoms with Crippen LogP contribution in [0.25, 0.3) is 117 Å². The number of nitrogens with one attached hydrogen (secondary N) is 1. The van der Waals surface area contributed by atoms with Gasteiger partial charge in [-0.25, -0.2) is 0 Å². The van der Waals surface area contributed by atoms with Gasteiger partial charge in [-0.3, -0.25) is 14.5 Å². The second-order valence-corrected chi connectivity index (χ2v) is 18.2. The van der Waals surface area contributed by atoms with Gasteiger partial charge in [0, 0.05) is 54.6 Å². The second-order valence-electron chi connectivity index (χ2n) is 18.2. The number of hydrogen-bond donors (Lipinski definition) is 2. The number of nitrogens with zero attached hydrogens (tertiary/aromatic N) is 4. The van der Waals surface area contributed by atoms with E-state index in [1.54, 1.807) is 0 Å². The molecule has 12 rings (SSSR count). The lowest BCUT2D eigenvalue weighted by molar-refractivity contribution is 0.946. The Kier molecular flexibility index (Phi) is 9.31. The molecular formula is C62H50N6. The van der Waals surface area contributed by atoms with Crippen LogP contribution < -0.4 is 5.73 Å². The Morgan fingerprint density at radius 1 is 0.559 bits per heavy atom. The lowest BCUT2D eigenvalue weighted by atomic mass is 9.84. The van der Waals surface area contributed by atoms with Gasteiger partial charge in [0.05, 0.1) is 44.3 Å². The molecule has 0 bridgehead atoms. The minimum Gasteiger partial charge on any atom is -0.385 e. The van der Waals surface area contributed by atoms with E-state index in [4.69, 9.17) is 5.73 Å². The number of hydrogen-bond acceptors (Lipinski definition) is 2. The third-order valence-corrected chi connectivity index (χ3v) is 14.1. The molecule has 0 radical (unpaired) electrons. The van der Waals surface area contributed by atoms with Gasteiger partial charge in [-0.1, -0.05) is 98.1 Å². The van der Waals surface area contributed by atoms with Crippen molar-refractivity contribution in [2.45, 2.75) is 33.6 Å². The monoisotopic (exact) mass is 878 g/mol. The minimum atomic E-state index is 0.389. The molecule has 3 N–H and O–H groups in total. The fraction of sp³-hybridized carbons (Fsp3) is 0.0806. The van der Waals surface area contributed by atoms with E-state index >= 15 is 0 Å². The van der Waals surface area contributed by atoms with Gasteiger partial charge in [-0.15, -0.1) is 0 Å². The number of benzene rings is 7. The van der Waals surface area contributed by atoms with Crippen LogP contribution in [0, 0.1) is 5.41 Å². The van der Waals surface area contributed by atoms with Crippen molar-refractivity contribution in [3.63, 3.8) is 0 Å². The highest BCUT2D eigenvalue weighted by Crippen LogP contribution is 2.45. The Labute approximate surface area is 395 Å². The van der Waals surface area contributed by atoms with Gasteiger partial charge in [0.1, 0.15) is 11.7 Å². The molecule has 328 valence electrons. The molecule has 68 heavy (non-hydrogen) atoms. The zero-order valence-corrected chi connectivity index (χ0v) is 38.6. The first-order valence-corrected chi connectivity index (χ1v) is 23.3. The van der Waals surface area contributed by atoms with Gasteiger partial charge in [-0.2, -0.15) is 0 Å². The van der Waals surface area contributed by atoms with Crippen molar-refractivity contribution in [1.82, 2.24) is 18.3 Å². The van der Waals surface area contributed by atoms with Gasteiger partial charge < -0.3 is 14.9 Å². The van der Waals surface area contributed by atoms with Crippen LogP contribution >= 0.6 is 0 Å². The SMILES string of the molecule is C=C/C(C)=C\C(=N)n1c2ccc(-n3c4ccccc4c4ccccc43)cc2c2cc3c(cc21)-c1cc2c(cc1CC3)c1cc(-n3c(/C=C\C)c(C=C)c4ccccc43)ccc1n2/C(N)=C/C(=C)C. The van der Waals surface area contributed by atoms with E-state index in [9.17, 15) is 5.41 Å². The van der Waals surface area contributed by atoms with E-state index < -0.39 is 0 Å². The molecule has 1 aliphatic rings. The van der Waals surface area contributed by atoms with E-state index in [2.05, 4.69) is 191 Å². The molecule has 6 nitrogen and oxygen atoms in total. The van der Waals surface area contributed by atoms with Crippen molar-refractivity contribution in [3.8, 4) is 22.5 Å². The summed E-state index contributed by atoms with van der Waals surface area (Å²) in [5.74, 6) is 1.00. The molecule has 6 heteroatoms. The molecule has 4 aromatic heterocycles. The van der Waals surface area contributed by atoms with Crippen molar-refractivity contribution in [2.24, 2.45) is 5.73 Å². The predicted octanol–water partition coefficient (Wildman–Crippen LogP) is 15.7. The summed E-state index contributed by atoms with van der Waals surface area (Å²) in [5.41, 5.74) is 25.7. The third-order valence-electron chi connectivity index (χ3n) is 14.1. The quantitative estimate of drug-likeness (QED) is 0.0891. The molecule has 0 aliphatic heterocycles. The zero-order chi connectivity index (χ0) is 46.5. The van der Waals surface area contributed by atoms with Crippen molar-refractivity contribution < 1.29 is 0 Å². The molecule has 11 aromatic rings. The standard InChI is InChI=1S/C62H50N6/c1-7-16-53-43(9-3)44-17-10-13-20-54(44)65(53)41-25-27-57-51(33-41)49-31-39-23-24-40-32-50-52-34-42(66-55-21-14-11-18-45(55)46-19-12-15-22-56(46)66)26-28-58(52)68(62(64)30-38(6)8-2)60(50)36-48(40)47(39)35-59(49)67(57)61(63)29-37(4)5/h7-22,25-36,64H,2-4,23-24,63H2,1,5-6H3/b16-7-,38-30-,61-29+,64-62?. The Balaban J connectivity index is 1.10. The summed E-state index contributed by atoms with van der Waals surface area (Å²) >= 11 is 0. The lowest BCUT2D eigenvalue weighted by Gasteiger charge is -2.21. The molecule has 0 amide bonds. The highest BCUT2D eigenvalue weighted by atomic mass is 15.1. The normalized spacial score (nSPS) is 13.2. The smallest absolute Gasteiger partial charge is 0.130 e. The summed E-state index contributed by atoms with van der Waals surface area (Å²) in [6, 6.07) is 48.7. The zero-order valence-electron chi connectivity index (χ0n) is 38.6. The number of allylic oxidation sites excluding steroid dienone is 6. The number of para-hydroxylation sites is 3. The first-order chi connectivity index (χ1) is 33.2. The summed E-state index contributed by atoms with van der Waals surface area (Å²) < 4.78 is 9.02. The highest BCUT2D eigenvalue weighted by molar-refractivity contribution is 6.18. The molecular weight excluding hydrogens is 829 g/mol. The highest BCUT2D eigenvalue weighted by Gasteiger charge is 2.25. The van der Waals surface area contributed by atoms with Crippen LogP contribution in [0.1, 0.15) is 43.2 Å². The largest absolute Gasteiger partial charge is 0.385 e. The minimum absolute atomic E-state index is 0.389. The third kappa shape index (κ3) is 6.00. The Morgan fingerprint density at radius 2 is 1.06 bits per heavy atom. The topological polar surface area (TPSA) is 69.6 Å². The van der Waals surface area contributed by atoms with Crippen LogP contribution in [0.2, 0.25) is 0 Å². The number of aromatic nitrogens is 4. The van der Waals surface area contributed by atoms with E-state index in [1.807, 2.05) is 38.2 Å². The van der Waals surface area contributed by atoms with Crippen molar-refractivity contribution >= 4 is 100 Å². The van der Waals surface area contributed by atoms with Crippen molar-refractivity contribution in [3.05, 3.63) is 211 Å². The van der Waals surface area contributed by atoms with Crippen molar-refractivity contribution in [1.29, 1.82) is 5.41 Å². The summed E-state index contributed by atoms with van der Waals surface area (Å²) in [7, 11) is 0. The Hall–Kier alpha value is -8.61. The molecule has 0 unspecified atom stereocenters. The Bertz CT molecular complexity index is 4090. The van der Waals surface area contributed by atoms with Gasteiger partial charge in [0.2, 0.25) is 0 Å². The molecule has 1 aliphatic carbocycles. The lowest BCUT2D eigenvalue weighted by Crippen LogP contribution is -2.09. The molecule has 0 saturated heterocycles. The van der Waals surface area contributed by atoms with Crippen LogP contribution in [-0.4, -0.2) is 24.1 Å². The van der Waals surface area contributed by atoms with Crippen LogP contribution in [0.15, 0.2) is 189 Å². The average molecular weight is 879 g/mol. The summed E-state index contributed by atoms with van der Waals surface area (Å²) in [5, 5.41) is 17.7. The maximum atomic E-state index is 9.60. The van der Waals surface area contributed by atoms with E-state index in [-0.39, 0.29) is 0 Å². The fourth-order valence-corrected chi connectivity index (χ4v) is 11.2. The number of nitrogens with two attached hydrogens (primary N) is 1. The summed E-state index contributed by atoms with van der Waals surface area (Å²) in [6.07, 6.45) is 13.7. The summed E-state index contributed by atoms with van der Waals surface area (Å²) in [6.45, 7) is 18.5. The van der Waals surface area contributed by atoms with Crippen LogP contribution in [-0.2, 0) is 12.8 Å². The maximum Gasteiger partial charge on any atom is 0.130 e. The first kappa shape index (κ1) is 40.9. The van der Waals surface area contributed by atoms with Crippen LogP contribution in [0.4, 0.5) is 0 Å². The Morgan fingerprint density at radius 3 is 1.60 bits per heavy atom. The van der Waals surface area contributed by atoms with Gasteiger partial charge in [0.25, 0.3) is 0 Å². The predicted molar refractivity (Wildman–Crippen MR) is 292 cm³/mol. The van der Waals surface area contributed by atoms with Crippen LogP contribution in [0.5, 0.6) is 0 Å². The first-order valence-electron chi connectivity index (χ1n) is 23.3. The fourth-order valence-electron chi connectivity index (χ4n) is 11.2.